The van der Waals surface area contributed by atoms with E-state index in [0.29, 0.717) is 5.56 Å². The van der Waals surface area contributed by atoms with E-state index >= 15 is 0 Å². The largest absolute Gasteiger partial charge is 0.352 e. The van der Waals surface area contributed by atoms with Gasteiger partial charge < -0.3 is 4.90 Å². The molecular formula is C26H25N3O. The fraction of sp³-hybridized carbons (Fsp3) is 0.231. The van der Waals surface area contributed by atoms with Crippen LogP contribution in [-0.2, 0) is 5.41 Å². The van der Waals surface area contributed by atoms with Gasteiger partial charge in [-0.2, -0.15) is 5.10 Å². The van der Waals surface area contributed by atoms with Gasteiger partial charge in [0.05, 0.1) is 5.71 Å². The highest BCUT2D eigenvalue weighted by molar-refractivity contribution is 6.04. The van der Waals surface area contributed by atoms with E-state index in [9.17, 15) is 4.79 Å². The Kier molecular flexibility index (Phi) is 4.43. The van der Waals surface area contributed by atoms with Crippen molar-refractivity contribution in [3.05, 3.63) is 102 Å². The van der Waals surface area contributed by atoms with Crippen molar-refractivity contribution in [3.8, 4) is 0 Å². The van der Waals surface area contributed by atoms with Crippen LogP contribution in [-0.4, -0.2) is 29.8 Å². The SMILES string of the molecule is CCC12CC(c3ccccc3)=NN(C(=O)c3ccccc3)C1N(C)c1ccccc12. The lowest BCUT2D eigenvalue weighted by Gasteiger charge is -2.45. The van der Waals surface area contributed by atoms with Gasteiger partial charge in [0.25, 0.3) is 5.91 Å². The van der Waals surface area contributed by atoms with Crippen LogP contribution >= 0.6 is 0 Å². The molecule has 0 fully saturated rings. The van der Waals surface area contributed by atoms with Crippen LogP contribution in [0.25, 0.3) is 0 Å². The summed E-state index contributed by atoms with van der Waals surface area (Å²) in [7, 11) is 2.08. The number of amides is 1. The summed E-state index contributed by atoms with van der Waals surface area (Å²) in [5, 5.41) is 6.68. The van der Waals surface area contributed by atoms with Crippen molar-refractivity contribution in [2.75, 3.05) is 11.9 Å². The Bertz CT molecular complexity index is 1110. The number of hydrogen-bond donors (Lipinski definition) is 0. The number of carbonyl (C=O) groups excluding carboxylic acids is 1. The number of hydrogen-bond acceptors (Lipinski definition) is 3. The van der Waals surface area contributed by atoms with Crippen molar-refractivity contribution in [2.24, 2.45) is 5.10 Å². The summed E-state index contributed by atoms with van der Waals surface area (Å²) in [5.74, 6) is -0.0637. The lowest BCUT2D eigenvalue weighted by molar-refractivity contribution is 0.0557. The molecule has 2 atom stereocenters. The monoisotopic (exact) mass is 395 g/mol. The van der Waals surface area contributed by atoms with Crippen molar-refractivity contribution in [1.82, 2.24) is 5.01 Å². The van der Waals surface area contributed by atoms with Crippen LogP contribution in [0.4, 0.5) is 5.69 Å². The number of rotatable bonds is 3. The molecule has 4 heteroatoms. The van der Waals surface area contributed by atoms with Crippen LogP contribution in [0.15, 0.2) is 90.0 Å². The number of likely N-dealkylation sites (N-methyl/N-ethyl adjacent to an activating group) is 1. The van der Waals surface area contributed by atoms with Gasteiger partial charge >= 0.3 is 0 Å². The third-order valence-electron chi connectivity index (χ3n) is 6.59. The molecule has 0 aromatic heterocycles. The van der Waals surface area contributed by atoms with Gasteiger partial charge in [-0.05, 0) is 35.7 Å². The molecule has 3 aromatic rings. The van der Waals surface area contributed by atoms with Gasteiger partial charge in [0, 0.05) is 30.1 Å². The maximum absolute atomic E-state index is 13.7. The lowest BCUT2D eigenvalue weighted by atomic mass is 9.71. The summed E-state index contributed by atoms with van der Waals surface area (Å²) in [5.41, 5.74) is 4.96. The molecule has 2 unspecified atom stereocenters. The van der Waals surface area contributed by atoms with Gasteiger partial charge in [0.2, 0.25) is 0 Å². The predicted octanol–water partition coefficient (Wildman–Crippen LogP) is 5.06. The first-order chi connectivity index (χ1) is 14.7. The summed E-state index contributed by atoms with van der Waals surface area (Å²) in [6, 6.07) is 28.2. The fourth-order valence-corrected chi connectivity index (χ4v) is 5.11. The highest BCUT2D eigenvalue weighted by Crippen LogP contribution is 2.52. The molecule has 4 nitrogen and oxygen atoms in total. The second-order valence-electron chi connectivity index (χ2n) is 8.12. The number of hydrazone groups is 1. The Morgan fingerprint density at radius 1 is 0.967 bits per heavy atom. The molecule has 3 aromatic carbocycles. The molecule has 2 heterocycles. The number of anilines is 1. The Morgan fingerprint density at radius 2 is 1.60 bits per heavy atom. The van der Waals surface area contributed by atoms with Gasteiger partial charge in [-0.1, -0.05) is 73.7 Å². The van der Waals surface area contributed by atoms with Crippen molar-refractivity contribution >= 4 is 17.3 Å². The van der Waals surface area contributed by atoms with E-state index in [0.717, 1.165) is 24.1 Å². The molecule has 0 saturated carbocycles. The summed E-state index contributed by atoms with van der Waals surface area (Å²) in [6.45, 7) is 2.22. The summed E-state index contributed by atoms with van der Waals surface area (Å²) >= 11 is 0. The van der Waals surface area contributed by atoms with Crippen molar-refractivity contribution in [3.63, 3.8) is 0 Å². The van der Waals surface area contributed by atoms with Crippen LogP contribution < -0.4 is 4.90 Å². The van der Waals surface area contributed by atoms with E-state index in [1.165, 1.54) is 11.3 Å². The van der Waals surface area contributed by atoms with Gasteiger partial charge in [-0.3, -0.25) is 4.79 Å². The standard InChI is InChI=1S/C26H25N3O/c1-3-26-18-22(19-12-6-4-7-13-19)27-29(24(30)20-14-8-5-9-15-20)25(26)28(2)23-17-11-10-16-21(23)26/h4-17,25H,3,18H2,1-2H3. The number of nitrogens with zero attached hydrogens (tertiary/aromatic N) is 3. The number of para-hydroxylation sites is 1. The molecule has 0 radical (unpaired) electrons. The fourth-order valence-electron chi connectivity index (χ4n) is 5.11. The Balaban J connectivity index is 1.71. The maximum atomic E-state index is 13.7. The average Bonchev–Trinajstić information content (AvgIpc) is 3.08. The molecule has 30 heavy (non-hydrogen) atoms. The summed E-state index contributed by atoms with van der Waals surface area (Å²) in [6.07, 6.45) is 1.57. The molecule has 0 saturated heterocycles. The number of carbonyl (C=O) groups is 1. The highest BCUT2D eigenvalue weighted by atomic mass is 16.2. The van der Waals surface area contributed by atoms with E-state index in [-0.39, 0.29) is 17.5 Å². The zero-order chi connectivity index (χ0) is 20.7. The Labute approximate surface area is 177 Å². The highest BCUT2D eigenvalue weighted by Gasteiger charge is 2.55. The molecule has 0 N–H and O–H groups in total. The smallest absolute Gasteiger partial charge is 0.275 e. The first-order valence-corrected chi connectivity index (χ1v) is 10.5. The molecule has 0 aliphatic carbocycles. The number of fused-ring (bicyclic) bond motifs is 3. The molecule has 5 rings (SSSR count). The van der Waals surface area contributed by atoms with Crippen LogP contribution in [0.2, 0.25) is 0 Å². The minimum atomic E-state index is -0.206. The molecule has 1 amide bonds. The lowest BCUT2D eigenvalue weighted by Crippen LogP contribution is -2.58. The van der Waals surface area contributed by atoms with Crippen molar-refractivity contribution < 1.29 is 4.79 Å². The van der Waals surface area contributed by atoms with Crippen LogP contribution in [0.1, 0.15) is 41.3 Å². The van der Waals surface area contributed by atoms with Crippen molar-refractivity contribution in [2.45, 2.75) is 31.3 Å². The third-order valence-corrected chi connectivity index (χ3v) is 6.59. The van der Waals surface area contributed by atoms with Gasteiger partial charge in [0.1, 0.15) is 6.17 Å². The predicted molar refractivity (Wildman–Crippen MR) is 121 cm³/mol. The zero-order valence-electron chi connectivity index (χ0n) is 17.3. The average molecular weight is 396 g/mol. The quantitative estimate of drug-likeness (QED) is 0.621. The van der Waals surface area contributed by atoms with Crippen LogP contribution in [0, 0.1) is 0 Å². The molecule has 2 aliphatic rings. The van der Waals surface area contributed by atoms with Crippen LogP contribution in [0.3, 0.4) is 0 Å². The second-order valence-corrected chi connectivity index (χ2v) is 8.12. The molecular weight excluding hydrogens is 370 g/mol. The molecule has 2 aliphatic heterocycles. The molecule has 150 valence electrons. The Hall–Kier alpha value is -3.40. The molecule has 0 spiro atoms. The van der Waals surface area contributed by atoms with E-state index in [4.69, 9.17) is 5.10 Å². The van der Waals surface area contributed by atoms with E-state index in [2.05, 4.69) is 55.3 Å². The van der Waals surface area contributed by atoms with E-state index < -0.39 is 0 Å². The summed E-state index contributed by atoms with van der Waals surface area (Å²) in [4.78, 5) is 15.9. The van der Waals surface area contributed by atoms with Crippen LogP contribution in [0.5, 0.6) is 0 Å². The van der Waals surface area contributed by atoms with E-state index in [1.807, 2.05) is 48.5 Å². The summed E-state index contributed by atoms with van der Waals surface area (Å²) < 4.78 is 0. The first-order valence-electron chi connectivity index (χ1n) is 10.5. The third kappa shape index (κ3) is 2.67. The normalized spacial score (nSPS) is 22.3. The zero-order valence-corrected chi connectivity index (χ0v) is 17.3. The second kappa shape index (κ2) is 7.13. The maximum Gasteiger partial charge on any atom is 0.275 e. The van der Waals surface area contributed by atoms with Gasteiger partial charge in [-0.25, -0.2) is 5.01 Å². The van der Waals surface area contributed by atoms with Gasteiger partial charge in [-0.15, -0.1) is 0 Å². The molecule has 0 bridgehead atoms. The van der Waals surface area contributed by atoms with Gasteiger partial charge in [0.15, 0.2) is 0 Å². The number of benzene rings is 3. The first kappa shape index (κ1) is 18.6. The minimum absolute atomic E-state index is 0.0637. The van der Waals surface area contributed by atoms with Crippen molar-refractivity contribution in [1.29, 1.82) is 0 Å². The van der Waals surface area contributed by atoms with E-state index in [1.54, 1.807) is 5.01 Å². The minimum Gasteiger partial charge on any atom is -0.352 e. The topological polar surface area (TPSA) is 35.9 Å². The Morgan fingerprint density at radius 3 is 2.30 bits per heavy atom.